The molecule has 2 heterocycles. The summed E-state index contributed by atoms with van der Waals surface area (Å²) in [6.07, 6.45) is 1.51. The van der Waals surface area contributed by atoms with Crippen molar-refractivity contribution in [3.05, 3.63) is 34.0 Å². The standard InChI is InChI=1S/C10H8BrN3O2S/c11-5-3-7(17-4-5)6-1-2-13-9(14-6)8(12)10(15)16/h1-4,8H,12H2,(H,15,16). The van der Waals surface area contributed by atoms with Crippen molar-refractivity contribution in [2.45, 2.75) is 6.04 Å². The zero-order valence-electron chi connectivity index (χ0n) is 8.50. The van der Waals surface area contributed by atoms with Crippen LogP contribution in [0.1, 0.15) is 11.9 Å². The molecule has 0 aliphatic heterocycles. The molecule has 2 aromatic rings. The fourth-order valence-electron chi connectivity index (χ4n) is 1.22. The van der Waals surface area contributed by atoms with E-state index in [1.807, 2.05) is 11.4 Å². The fraction of sp³-hybridized carbons (Fsp3) is 0.100. The molecule has 0 radical (unpaired) electrons. The van der Waals surface area contributed by atoms with Crippen LogP contribution in [0.3, 0.4) is 0 Å². The largest absolute Gasteiger partial charge is 0.480 e. The Labute approximate surface area is 109 Å². The van der Waals surface area contributed by atoms with E-state index >= 15 is 0 Å². The summed E-state index contributed by atoms with van der Waals surface area (Å²) < 4.78 is 0.959. The lowest BCUT2D eigenvalue weighted by atomic mass is 10.2. The number of carbonyl (C=O) groups is 1. The number of rotatable bonds is 3. The van der Waals surface area contributed by atoms with E-state index in [9.17, 15) is 4.79 Å². The highest BCUT2D eigenvalue weighted by molar-refractivity contribution is 9.10. The molecule has 2 rings (SSSR count). The first-order valence-corrected chi connectivity index (χ1v) is 6.31. The Morgan fingerprint density at radius 2 is 2.35 bits per heavy atom. The summed E-state index contributed by atoms with van der Waals surface area (Å²) in [6, 6.07) is 2.43. The highest BCUT2D eigenvalue weighted by Crippen LogP contribution is 2.28. The van der Waals surface area contributed by atoms with Crippen LogP contribution in [0.5, 0.6) is 0 Å². The van der Waals surface area contributed by atoms with Gasteiger partial charge in [-0.1, -0.05) is 0 Å². The van der Waals surface area contributed by atoms with Gasteiger partial charge in [0.1, 0.15) is 0 Å². The summed E-state index contributed by atoms with van der Waals surface area (Å²) in [5, 5.41) is 10.7. The second-order valence-electron chi connectivity index (χ2n) is 3.25. The monoisotopic (exact) mass is 313 g/mol. The number of nitrogens with two attached hydrogens (primary N) is 1. The number of aromatic nitrogens is 2. The zero-order chi connectivity index (χ0) is 12.4. The molecule has 0 fully saturated rings. The first kappa shape index (κ1) is 12.2. The van der Waals surface area contributed by atoms with Gasteiger partial charge >= 0.3 is 5.97 Å². The predicted molar refractivity (Wildman–Crippen MR) is 67.6 cm³/mol. The molecule has 17 heavy (non-hydrogen) atoms. The summed E-state index contributed by atoms with van der Waals surface area (Å²) in [4.78, 5) is 19.7. The predicted octanol–water partition coefficient (Wildman–Crippen LogP) is 2.05. The molecule has 0 saturated carbocycles. The first-order chi connectivity index (χ1) is 8.08. The molecular formula is C10H8BrN3O2S. The Bertz CT molecular complexity index is 558. The first-order valence-electron chi connectivity index (χ1n) is 4.63. The Balaban J connectivity index is 2.38. The van der Waals surface area contributed by atoms with Crippen LogP contribution in [0.4, 0.5) is 0 Å². The van der Waals surface area contributed by atoms with Gasteiger partial charge < -0.3 is 10.8 Å². The van der Waals surface area contributed by atoms with Crippen LogP contribution in [0.2, 0.25) is 0 Å². The molecule has 1 atom stereocenters. The van der Waals surface area contributed by atoms with E-state index in [1.165, 1.54) is 17.5 Å². The number of nitrogens with zero attached hydrogens (tertiary/aromatic N) is 2. The summed E-state index contributed by atoms with van der Waals surface area (Å²) >= 11 is 4.85. The second kappa shape index (κ2) is 4.91. The molecule has 0 aromatic carbocycles. The van der Waals surface area contributed by atoms with E-state index in [4.69, 9.17) is 10.8 Å². The van der Waals surface area contributed by atoms with Crippen LogP contribution in [-0.2, 0) is 4.79 Å². The molecule has 0 bridgehead atoms. The van der Waals surface area contributed by atoms with E-state index in [0.29, 0.717) is 5.69 Å². The number of halogens is 1. The van der Waals surface area contributed by atoms with Gasteiger partial charge in [0.25, 0.3) is 0 Å². The third-order valence-corrected chi connectivity index (χ3v) is 3.75. The normalized spacial score (nSPS) is 12.4. The van der Waals surface area contributed by atoms with E-state index in [1.54, 1.807) is 6.07 Å². The highest BCUT2D eigenvalue weighted by atomic mass is 79.9. The minimum atomic E-state index is -1.20. The second-order valence-corrected chi connectivity index (χ2v) is 5.07. The Hall–Kier alpha value is -1.31. The van der Waals surface area contributed by atoms with Gasteiger partial charge in [-0.2, -0.15) is 0 Å². The number of hydrogen-bond donors (Lipinski definition) is 2. The minimum absolute atomic E-state index is 0.111. The van der Waals surface area contributed by atoms with Gasteiger partial charge in [-0.05, 0) is 28.1 Å². The van der Waals surface area contributed by atoms with Gasteiger partial charge in [-0.25, -0.2) is 9.97 Å². The van der Waals surface area contributed by atoms with Crippen LogP contribution >= 0.6 is 27.3 Å². The van der Waals surface area contributed by atoms with E-state index < -0.39 is 12.0 Å². The van der Waals surface area contributed by atoms with Gasteiger partial charge in [0, 0.05) is 16.0 Å². The van der Waals surface area contributed by atoms with Crippen molar-refractivity contribution in [3.63, 3.8) is 0 Å². The van der Waals surface area contributed by atoms with Crippen LogP contribution in [0.15, 0.2) is 28.2 Å². The average Bonchev–Trinajstić information content (AvgIpc) is 2.75. The molecule has 3 N–H and O–H groups in total. The van der Waals surface area contributed by atoms with Crippen molar-refractivity contribution >= 4 is 33.2 Å². The van der Waals surface area contributed by atoms with E-state index in [0.717, 1.165) is 9.35 Å². The third kappa shape index (κ3) is 2.68. The van der Waals surface area contributed by atoms with Gasteiger partial charge in [0.05, 0.1) is 10.6 Å². The van der Waals surface area contributed by atoms with Gasteiger partial charge in [-0.3, -0.25) is 4.79 Å². The molecular weight excluding hydrogens is 306 g/mol. The lowest BCUT2D eigenvalue weighted by Crippen LogP contribution is -2.23. The quantitative estimate of drug-likeness (QED) is 0.905. The van der Waals surface area contributed by atoms with Gasteiger partial charge in [-0.15, -0.1) is 11.3 Å². The average molecular weight is 314 g/mol. The molecule has 0 saturated heterocycles. The Kier molecular flexibility index (Phi) is 3.51. The Morgan fingerprint density at radius 3 is 2.94 bits per heavy atom. The van der Waals surface area contributed by atoms with Crippen molar-refractivity contribution in [1.29, 1.82) is 0 Å². The summed E-state index contributed by atoms with van der Waals surface area (Å²) in [6.45, 7) is 0. The minimum Gasteiger partial charge on any atom is -0.480 e. The number of hydrogen-bond acceptors (Lipinski definition) is 5. The molecule has 0 aliphatic rings. The third-order valence-electron chi connectivity index (χ3n) is 2.04. The molecule has 0 amide bonds. The van der Waals surface area contributed by atoms with Gasteiger partial charge in [0.15, 0.2) is 11.9 Å². The maximum atomic E-state index is 10.7. The molecule has 2 aromatic heterocycles. The molecule has 5 nitrogen and oxygen atoms in total. The van der Waals surface area contributed by atoms with Crippen molar-refractivity contribution in [2.75, 3.05) is 0 Å². The SMILES string of the molecule is NC(C(=O)O)c1nccc(-c2cc(Br)cs2)n1. The number of aliphatic carboxylic acids is 1. The van der Waals surface area contributed by atoms with Crippen LogP contribution in [0, 0.1) is 0 Å². The topological polar surface area (TPSA) is 89.1 Å². The zero-order valence-corrected chi connectivity index (χ0v) is 10.9. The number of thiophene rings is 1. The summed E-state index contributed by atoms with van der Waals surface area (Å²) in [5.41, 5.74) is 6.13. The molecule has 1 unspecified atom stereocenters. The van der Waals surface area contributed by atoms with E-state index in [2.05, 4.69) is 25.9 Å². The molecule has 7 heteroatoms. The maximum Gasteiger partial charge on any atom is 0.328 e. The highest BCUT2D eigenvalue weighted by Gasteiger charge is 2.18. The van der Waals surface area contributed by atoms with E-state index in [-0.39, 0.29) is 5.82 Å². The molecule has 88 valence electrons. The van der Waals surface area contributed by atoms with Crippen molar-refractivity contribution in [1.82, 2.24) is 9.97 Å². The maximum absolute atomic E-state index is 10.7. The van der Waals surface area contributed by atoms with Gasteiger partial charge in [0.2, 0.25) is 0 Å². The number of carboxylic acid groups (broad SMARTS) is 1. The van der Waals surface area contributed by atoms with Crippen LogP contribution < -0.4 is 5.73 Å². The lowest BCUT2D eigenvalue weighted by molar-refractivity contribution is -0.138. The van der Waals surface area contributed by atoms with Crippen LogP contribution in [0.25, 0.3) is 10.6 Å². The van der Waals surface area contributed by atoms with Crippen molar-refractivity contribution < 1.29 is 9.90 Å². The fourth-order valence-corrected chi connectivity index (χ4v) is 2.62. The Morgan fingerprint density at radius 1 is 1.59 bits per heavy atom. The van der Waals surface area contributed by atoms with Crippen LogP contribution in [-0.4, -0.2) is 21.0 Å². The molecule has 0 aliphatic carbocycles. The smallest absolute Gasteiger partial charge is 0.328 e. The molecule has 0 spiro atoms. The summed E-state index contributed by atoms with van der Waals surface area (Å²) in [5.74, 6) is -1.03. The lowest BCUT2D eigenvalue weighted by Gasteiger charge is -2.05. The number of carboxylic acids is 1. The van der Waals surface area contributed by atoms with Crippen molar-refractivity contribution in [2.24, 2.45) is 5.73 Å². The van der Waals surface area contributed by atoms with Crippen molar-refractivity contribution in [3.8, 4) is 10.6 Å². The summed E-state index contributed by atoms with van der Waals surface area (Å²) in [7, 11) is 0.